The third kappa shape index (κ3) is 3.61. The second-order valence-electron chi connectivity index (χ2n) is 3.65. The highest BCUT2D eigenvalue weighted by atomic mass is 79.9. The first-order valence-electron chi connectivity index (χ1n) is 5.25. The number of hydrogen-bond acceptors (Lipinski definition) is 3. The van der Waals surface area contributed by atoms with Crippen LogP contribution in [0, 0.1) is 0 Å². The zero-order valence-corrected chi connectivity index (χ0v) is 11.8. The Kier molecular flexibility index (Phi) is 4.43. The lowest BCUT2D eigenvalue weighted by Gasteiger charge is -2.07. The molecule has 94 valence electrons. The first kappa shape index (κ1) is 13.2. The normalized spacial score (nSPS) is 10.5. The van der Waals surface area contributed by atoms with Gasteiger partial charge in [-0.25, -0.2) is 4.98 Å². The number of carboxylic acid groups (broad SMARTS) is 1. The SMILES string of the molecule is O=C(O)CSc1nccn1Cc1cccc(Br)c1. The van der Waals surface area contributed by atoms with Gasteiger partial charge in [0.25, 0.3) is 0 Å². The Morgan fingerprint density at radius 3 is 3.06 bits per heavy atom. The fourth-order valence-electron chi connectivity index (χ4n) is 1.51. The van der Waals surface area contributed by atoms with Crippen LogP contribution >= 0.6 is 27.7 Å². The topological polar surface area (TPSA) is 55.1 Å². The Labute approximate surface area is 117 Å². The summed E-state index contributed by atoms with van der Waals surface area (Å²) in [5.41, 5.74) is 1.14. The summed E-state index contributed by atoms with van der Waals surface area (Å²) >= 11 is 4.65. The Hall–Kier alpha value is -1.27. The Balaban J connectivity index is 2.10. The van der Waals surface area contributed by atoms with Crippen LogP contribution in [0.2, 0.25) is 0 Å². The zero-order chi connectivity index (χ0) is 13.0. The molecule has 0 aliphatic rings. The second kappa shape index (κ2) is 6.06. The van der Waals surface area contributed by atoms with Gasteiger partial charge in [-0.2, -0.15) is 0 Å². The molecule has 1 aromatic heterocycles. The quantitative estimate of drug-likeness (QED) is 0.858. The minimum atomic E-state index is -0.836. The number of benzene rings is 1. The average Bonchev–Trinajstić information content (AvgIpc) is 2.74. The van der Waals surface area contributed by atoms with Gasteiger partial charge in [0.1, 0.15) is 0 Å². The molecule has 0 aliphatic heterocycles. The van der Waals surface area contributed by atoms with Crippen molar-refractivity contribution in [2.24, 2.45) is 0 Å². The van der Waals surface area contributed by atoms with E-state index in [-0.39, 0.29) is 5.75 Å². The van der Waals surface area contributed by atoms with Crippen LogP contribution in [-0.2, 0) is 11.3 Å². The minimum absolute atomic E-state index is 0.0233. The van der Waals surface area contributed by atoms with Gasteiger partial charge in [-0.3, -0.25) is 4.79 Å². The van der Waals surface area contributed by atoms with E-state index in [0.29, 0.717) is 6.54 Å². The van der Waals surface area contributed by atoms with Crippen molar-refractivity contribution < 1.29 is 9.90 Å². The molecule has 0 bridgehead atoms. The molecule has 6 heteroatoms. The fraction of sp³-hybridized carbons (Fsp3) is 0.167. The third-order valence-corrected chi connectivity index (χ3v) is 3.73. The average molecular weight is 327 g/mol. The van der Waals surface area contributed by atoms with Gasteiger partial charge in [0.05, 0.1) is 5.75 Å². The van der Waals surface area contributed by atoms with E-state index in [1.807, 2.05) is 35.0 Å². The first-order valence-corrected chi connectivity index (χ1v) is 7.03. The second-order valence-corrected chi connectivity index (χ2v) is 5.51. The van der Waals surface area contributed by atoms with Crippen molar-refractivity contribution >= 4 is 33.7 Å². The summed E-state index contributed by atoms with van der Waals surface area (Å²) in [5, 5.41) is 9.39. The molecule has 0 spiro atoms. The van der Waals surface area contributed by atoms with Crippen LogP contribution in [-0.4, -0.2) is 26.4 Å². The maximum atomic E-state index is 10.5. The Morgan fingerprint density at radius 1 is 1.50 bits per heavy atom. The molecule has 1 N–H and O–H groups in total. The number of imidazole rings is 1. The summed E-state index contributed by atoms with van der Waals surface area (Å²) in [6.45, 7) is 0.682. The van der Waals surface area contributed by atoms with E-state index in [9.17, 15) is 4.79 Å². The van der Waals surface area contributed by atoms with Crippen LogP contribution in [0.4, 0.5) is 0 Å². The van der Waals surface area contributed by atoms with Gasteiger partial charge in [0.15, 0.2) is 5.16 Å². The van der Waals surface area contributed by atoms with Gasteiger partial charge in [0, 0.05) is 23.4 Å². The number of carbonyl (C=O) groups is 1. The number of thioether (sulfide) groups is 1. The van der Waals surface area contributed by atoms with Crippen LogP contribution in [0.3, 0.4) is 0 Å². The molecular weight excluding hydrogens is 316 g/mol. The van der Waals surface area contributed by atoms with Gasteiger partial charge in [-0.05, 0) is 17.7 Å². The predicted molar refractivity (Wildman–Crippen MR) is 73.8 cm³/mol. The van der Waals surface area contributed by atoms with Gasteiger partial charge < -0.3 is 9.67 Å². The molecule has 2 aromatic rings. The van der Waals surface area contributed by atoms with E-state index >= 15 is 0 Å². The van der Waals surface area contributed by atoms with Crippen LogP contribution in [0.5, 0.6) is 0 Å². The summed E-state index contributed by atoms with van der Waals surface area (Å²) in [5.74, 6) is -0.813. The Morgan fingerprint density at radius 2 is 2.33 bits per heavy atom. The molecule has 0 radical (unpaired) electrons. The summed E-state index contributed by atoms with van der Waals surface area (Å²) in [4.78, 5) is 14.7. The highest BCUT2D eigenvalue weighted by Gasteiger charge is 2.07. The van der Waals surface area contributed by atoms with Gasteiger partial charge >= 0.3 is 5.97 Å². The number of halogens is 1. The van der Waals surface area contributed by atoms with E-state index in [1.165, 1.54) is 11.8 Å². The molecule has 0 saturated carbocycles. The molecule has 4 nitrogen and oxygen atoms in total. The number of nitrogens with zero attached hydrogens (tertiary/aromatic N) is 2. The smallest absolute Gasteiger partial charge is 0.313 e. The molecular formula is C12H11BrN2O2S. The van der Waals surface area contributed by atoms with Gasteiger partial charge in [-0.15, -0.1) is 0 Å². The van der Waals surface area contributed by atoms with Crippen LogP contribution in [0.25, 0.3) is 0 Å². The summed E-state index contributed by atoms with van der Waals surface area (Å²) < 4.78 is 2.97. The Bertz CT molecular complexity index is 557. The van der Waals surface area contributed by atoms with Crippen molar-refractivity contribution in [3.05, 3.63) is 46.7 Å². The van der Waals surface area contributed by atoms with Crippen molar-refractivity contribution in [2.45, 2.75) is 11.7 Å². The molecule has 0 fully saturated rings. The van der Waals surface area contributed by atoms with Gasteiger partial charge in [0.2, 0.25) is 0 Å². The standard InChI is InChI=1S/C12H11BrN2O2S/c13-10-3-1-2-9(6-10)7-15-5-4-14-12(15)18-8-11(16)17/h1-6H,7-8H2,(H,16,17). The first-order chi connectivity index (χ1) is 8.65. The van der Waals surface area contributed by atoms with Crippen LogP contribution in [0.1, 0.15) is 5.56 Å². The van der Waals surface area contributed by atoms with Crippen LogP contribution < -0.4 is 0 Å². The minimum Gasteiger partial charge on any atom is -0.481 e. The fourth-order valence-corrected chi connectivity index (χ4v) is 2.64. The largest absolute Gasteiger partial charge is 0.481 e. The van der Waals surface area contributed by atoms with E-state index < -0.39 is 5.97 Å². The number of carboxylic acids is 1. The molecule has 0 atom stereocenters. The highest BCUT2D eigenvalue weighted by molar-refractivity contribution is 9.10. The highest BCUT2D eigenvalue weighted by Crippen LogP contribution is 2.18. The molecule has 0 amide bonds. The van der Waals surface area contributed by atoms with E-state index in [4.69, 9.17) is 5.11 Å². The van der Waals surface area contributed by atoms with Crippen molar-refractivity contribution in [3.63, 3.8) is 0 Å². The number of aromatic nitrogens is 2. The maximum Gasteiger partial charge on any atom is 0.313 e. The van der Waals surface area contributed by atoms with Crippen LogP contribution in [0.15, 0.2) is 46.3 Å². The van der Waals surface area contributed by atoms with Crippen molar-refractivity contribution in [1.29, 1.82) is 0 Å². The molecule has 0 saturated heterocycles. The van der Waals surface area contributed by atoms with Crippen molar-refractivity contribution in [1.82, 2.24) is 9.55 Å². The van der Waals surface area contributed by atoms with E-state index in [1.54, 1.807) is 6.20 Å². The number of rotatable bonds is 5. The zero-order valence-electron chi connectivity index (χ0n) is 9.41. The maximum absolute atomic E-state index is 10.5. The summed E-state index contributed by atoms with van der Waals surface area (Å²) in [6, 6.07) is 8.00. The molecule has 0 unspecified atom stereocenters. The molecule has 2 rings (SSSR count). The summed E-state index contributed by atoms with van der Waals surface area (Å²) in [6.07, 6.45) is 3.53. The lowest BCUT2D eigenvalue weighted by atomic mass is 10.2. The van der Waals surface area contributed by atoms with Gasteiger partial charge in [-0.1, -0.05) is 39.8 Å². The monoisotopic (exact) mass is 326 g/mol. The van der Waals surface area contributed by atoms with Crippen molar-refractivity contribution in [3.8, 4) is 0 Å². The summed E-state index contributed by atoms with van der Waals surface area (Å²) in [7, 11) is 0. The van der Waals surface area contributed by atoms with E-state index in [0.717, 1.165) is 15.2 Å². The molecule has 1 heterocycles. The lowest BCUT2D eigenvalue weighted by Crippen LogP contribution is -2.03. The molecule has 18 heavy (non-hydrogen) atoms. The number of aliphatic carboxylic acids is 1. The molecule has 0 aliphatic carbocycles. The molecule has 1 aromatic carbocycles. The lowest BCUT2D eigenvalue weighted by molar-refractivity contribution is -0.133. The van der Waals surface area contributed by atoms with E-state index in [2.05, 4.69) is 20.9 Å². The van der Waals surface area contributed by atoms with Crippen molar-refractivity contribution in [2.75, 3.05) is 5.75 Å². The predicted octanol–water partition coefficient (Wildman–Crippen LogP) is 2.87. The number of hydrogen-bond donors (Lipinski definition) is 1. The third-order valence-electron chi connectivity index (χ3n) is 2.24.